The Balaban J connectivity index is 1.49. The third kappa shape index (κ3) is 4.24. The second-order valence-corrected chi connectivity index (χ2v) is 10.1. The molecule has 2 aromatic rings. The predicted octanol–water partition coefficient (Wildman–Crippen LogP) is 5.46. The van der Waals surface area contributed by atoms with Gasteiger partial charge in [0.2, 0.25) is 0 Å². The molecule has 6 heteroatoms. The van der Waals surface area contributed by atoms with Crippen LogP contribution in [0.25, 0.3) is 0 Å². The number of esters is 1. The molecule has 1 aliphatic heterocycles. The maximum atomic E-state index is 13.6. The van der Waals surface area contributed by atoms with E-state index in [0.29, 0.717) is 18.5 Å². The predicted molar refractivity (Wildman–Crippen MR) is 128 cm³/mol. The first-order chi connectivity index (χ1) is 16.0. The Morgan fingerprint density at radius 2 is 1.97 bits per heavy atom. The van der Waals surface area contributed by atoms with Crippen molar-refractivity contribution in [3.63, 3.8) is 0 Å². The van der Waals surface area contributed by atoms with Crippen LogP contribution in [0.2, 0.25) is 0 Å². The molecule has 1 aromatic heterocycles. The lowest BCUT2D eigenvalue weighted by Gasteiger charge is -2.39. The van der Waals surface area contributed by atoms with Crippen LogP contribution in [0.15, 0.2) is 65.3 Å². The summed E-state index contributed by atoms with van der Waals surface area (Å²) in [6.07, 6.45) is 5.09. The molecule has 0 saturated heterocycles. The van der Waals surface area contributed by atoms with Gasteiger partial charge >= 0.3 is 5.97 Å². The Morgan fingerprint density at radius 3 is 2.70 bits per heavy atom. The van der Waals surface area contributed by atoms with Crippen molar-refractivity contribution in [2.75, 3.05) is 7.11 Å². The Morgan fingerprint density at radius 1 is 1.15 bits per heavy atom. The number of ketones is 1. The van der Waals surface area contributed by atoms with E-state index >= 15 is 0 Å². The van der Waals surface area contributed by atoms with Gasteiger partial charge in [0.25, 0.3) is 0 Å². The Bertz CT molecular complexity index is 1100. The van der Waals surface area contributed by atoms with Crippen molar-refractivity contribution in [3.8, 4) is 5.75 Å². The highest BCUT2D eigenvalue weighted by Gasteiger charge is 2.46. The average Bonchev–Trinajstić information content (AvgIpc) is 3.52. The number of hydrogen-bond donors (Lipinski definition) is 1. The van der Waals surface area contributed by atoms with E-state index in [0.717, 1.165) is 53.1 Å². The first-order valence-electron chi connectivity index (χ1n) is 11.6. The summed E-state index contributed by atoms with van der Waals surface area (Å²) in [6.45, 7) is 4.22. The quantitative estimate of drug-likeness (QED) is 0.597. The van der Waals surface area contributed by atoms with Crippen LogP contribution in [0.4, 0.5) is 0 Å². The highest BCUT2D eigenvalue weighted by atomic mass is 32.1. The smallest absolute Gasteiger partial charge is 0.316 e. The van der Waals surface area contributed by atoms with Crippen LogP contribution >= 0.6 is 11.3 Å². The minimum Gasteiger partial charge on any atom is -0.497 e. The topological polar surface area (TPSA) is 64.6 Å². The minimum absolute atomic E-state index is 0.0239. The summed E-state index contributed by atoms with van der Waals surface area (Å²) in [5, 5.41) is 5.35. The molecule has 1 saturated carbocycles. The molecule has 172 valence electrons. The van der Waals surface area contributed by atoms with Gasteiger partial charge in [-0.1, -0.05) is 24.8 Å². The third-order valence-corrected chi connectivity index (χ3v) is 8.05. The molecule has 3 atom stereocenters. The number of rotatable bonds is 5. The highest BCUT2D eigenvalue weighted by molar-refractivity contribution is 7.10. The number of carbonyl (C=O) groups is 2. The first-order valence-corrected chi connectivity index (χ1v) is 12.5. The van der Waals surface area contributed by atoms with Gasteiger partial charge in [-0.25, -0.2) is 0 Å². The van der Waals surface area contributed by atoms with Crippen molar-refractivity contribution in [1.29, 1.82) is 0 Å². The molecular weight excluding hydrogens is 434 g/mol. The second-order valence-electron chi connectivity index (χ2n) is 9.16. The van der Waals surface area contributed by atoms with Crippen LogP contribution < -0.4 is 10.1 Å². The van der Waals surface area contributed by atoms with Gasteiger partial charge in [-0.2, -0.15) is 0 Å². The summed E-state index contributed by atoms with van der Waals surface area (Å²) < 4.78 is 11.3. The highest BCUT2D eigenvalue weighted by Crippen LogP contribution is 2.48. The lowest BCUT2D eigenvalue weighted by Crippen LogP contribution is -2.42. The maximum Gasteiger partial charge on any atom is 0.316 e. The maximum absolute atomic E-state index is 13.6. The van der Waals surface area contributed by atoms with Gasteiger partial charge in [0.05, 0.1) is 7.11 Å². The van der Waals surface area contributed by atoms with Gasteiger partial charge in [0.1, 0.15) is 17.8 Å². The van der Waals surface area contributed by atoms with Crippen molar-refractivity contribution in [2.24, 2.45) is 5.92 Å². The first kappa shape index (κ1) is 22.0. The SMILES string of the molecule is C=C1NC2=C(C(=O)CC(c3cccc(OC)c3)C2)C(c2cccs2)C1C(=O)OC1CCCC1. The van der Waals surface area contributed by atoms with E-state index in [4.69, 9.17) is 9.47 Å². The van der Waals surface area contributed by atoms with Crippen molar-refractivity contribution in [2.45, 2.75) is 56.5 Å². The summed E-state index contributed by atoms with van der Waals surface area (Å²) in [4.78, 5) is 27.9. The van der Waals surface area contributed by atoms with E-state index in [1.165, 1.54) is 0 Å². The van der Waals surface area contributed by atoms with Gasteiger partial charge in [-0.15, -0.1) is 11.3 Å². The zero-order valence-corrected chi connectivity index (χ0v) is 19.7. The standard InChI is InChI=1S/C27H29NO4S/c1-16-24(27(30)32-19-8-3-4-9-19)26(23-11-6-12-33-23)25-21(28-16)14-18(15-22(25)29)17-7-5-10-20(13-17)31-2/h5-7,10-13,18-19,24,26,28H,1,3-4,8-9,14-15H2,2H3. The van der Waals surface area contributed by atoms with Gasteiger partial charge in [-0.05, 0) is 67.2 Å². The van der Waals surface area contributed by atoms with Gasteiger partial charge in [-0.3, -0.25) is 9.59 Å². The molecular formula is C27H29NO4S. The van der Waals surface area contributed by atoms with Crippen LogP contribution in [-0.2, 0) is 14.3 Å². The molecule has 1 aromatic carbocycles. The number of allylic oxidation sites excluding steroid dienone is 2. The molecule has 1 fully saturated rings. The Kier molecular flexibility index (Phi) is 6.11. The number of hydrogen-bond acceptors (Lipinski definition) is 6. The largest absolute Gasteiger partial charge is 0.497 e. The molecule has 0 amide bonds. The van der Waals surface area contributed by atoms with Crippen LogP contribution in [0.5, 0.6) is 5.75 Å². The van der Waals surface area contributed by atoms with Crippen molar-refractivity contribution >= 4 is 23.1 Å². The summed E-state index contributed by atoms with van der Waals surface area (Å²) in [5.74, 6) is -0.292. The van der Waals surface area contributed by atoms with E-state index in [1.807, 2.05) is 41.8 Å². The van der Waals surface area contributed by atoms with Gasteiger partial charge in [0, 0.05) is 34.2 Å². The van der Waals surface area contributed by atoms with E-state index in [2.05, 4.69) is 11.9 Å². The monoisotopic (exact) mass is 463 g/mol. The summed E-state index contributed by atoms with van der Waals surface area (Å²) in [7, 11) is 1.65. The summed E-state index contributed by atoms with van der Waals surface area (Å²) in [6, 6.07) is 11.9. The van der Waals surface area contributed by atoms with E-state index < -0.39 is 5.92 Å². The third-order valence-electron chi connectivity index (χ3n) is 7.09. The summed E-state index contributed by atoms with van der Waals surface area (Å²) in [5.41, 5.74) is 3.30. The molecule has 2 heterocycles. The lowest BCUT2D eigenvalue weighted by atomic mass is 9.71. The van der Waals surface area contributed by atoms with E-state index in [9.17, 15) is 9.59 Å². The number of thiophene rings is 1. The number of methoxy groups -OCH3 is 1. The van der Waals surface area contributed by atoms with Crippen molar-refractivity contribution in [3.05, 3.63) is 75.8 Å². The number of nitrogens with one attached hydrogen (secondary N) is 1. The van der Waals surface area contributed by atoms with Crippen molar-refractivity contribution < 1.29 is 19.1 Å². The number of Topliss-reactive ketones (excluding diaryl/α,β-unsaturated/α-hetero) is 1. The molecule has 3 unspecified atom stereocenters. The van der Waals surface area contributed by atoms with Crippen LogP contribution in [0.3, 0.4) is 0 Å². The lowest BCUT2D eigenvalue weighted by molar-refractivity contribution is -0.153. The molecule has 5 nitrogen and oxygen atoms in total. The van der Waals surface area contributed by atoms with E-state index in [1.54, 1.807) is 18.4 Å². The van der Waals surface area contributed by atoms with Crippen molar-refractivity contribution in [1.82, 2.24) is 5.32 Å². The zero-order valence-electron chi connectivity index (χ0n) is 18.8. The molecule has 1 N–H and O–H groups in total. The fraction of sp³-hybridized carbons (Fsp3) is 0.407. The summed E-state index contributed by atoms with van der Waals surface area (Å²) >= 11 is 1.58. The molecule has 33 heavy (non-hydrogen) atoms. The molecule has 3 aliphatic rings. The van der Waals surface area contributed by atoms with Crippen LogP contribution in [0.1, 0.15) is 60.8 Å². The fourth-order valence-corrected chi connectivity index (χ4v) is 6.35. The molecule has 2 aliphatic carbocycles. The zero-order chi connectivity index (χ0) is 22.9. The Hall–Kier alpha value is -2.86. The second kappa shape index (κ2) is 9.18. The number of benzene rings is 1. The number of carbonyl (C=O) groups excluding carboxylic acids is 2. The molecule has 0 bridgehead atoms. The molecule has 0 spiro atoms. The fourth-order valence-electron chi connectivity index (χ4n) is 5.48. The molecule has 5 rings (SSSR count). The van der Waals surface area contributed by atoms with Crippen LogP contribution in [0, 0.1) is 5.92 Å². The normalized spacial score (nSPS) is 25.5. The Labute approximate surface area is 198 Å². The van der Waals surface area contributed by atoms with E-state index in [-0.39, 0.29) is 29.7 Å². The van der Waals surface area contributed by atoms with Crippen LogP contribution in [-0.4, -0.2) is 25.0 Å². The minimum atomic E-state index is -0.597. The molecule has 0 radical (unpaired) electrons. The van der Waals surface area contributed by atoms with Gasteiger partial charge < -0.3 is 14.8 Å². The number of ether oxygens (including phenoxy) is 2. The average molecular weight is 464 g/mol. The van der Waals surface area contributed by atoms with Gasteiger partial charge in [0.15, 0.2) is 5.78 Å².